The van der Waals surface area contributed by atoms with Crippen molar-refractivity contribution in [3.8, 4) is 0 Å². The summed E-state index contributed by atoms with van der Waals surface area (Å²) in [5.74, 6) is 0.695. The van der Waals surface area contributed by atoms with Gasteiger partial charge >= 0.3 is 6.18 Å². The molecule has 0 fully saturated rings. The second-order valence-electron chi connectivity index (χ2n) is 4.65. The van der Waals surface area contributed by atoms with E-state index >= 15 is 0 Å². The highest BCUT2D eigenvalue weighted by Crippen LogP contribution is 2.31. The van der Waals surface area contributed by atoms with Gasteiger partial charge in [0, 0.05) is 0 Å². The summed E-state index contributed by atoms with van der Waals surface area (Å²) in [4.78, 5) is 0. The van der Waals surface area contributed by atoms with Crippen molar-refractivity contribution in [3.05, 3.63) is 58.0 Å². The molecule has 2 nitrogen and oxygen atoms in total. The van der Waals surface area contributed by atoms with Gasteiger partial charge in [0.05, 0.1) is 11.6 Å². The maximum absolute atomic E-state index is 12.7. The Hall–Kier alpha value is -1.27. The Kier molecular flexibility index (Phi) is 5.11. The van der Waals surface area contributed by atoms with Crippen LogP contribution >= 0.6 is 15.9 Å². The van der Waals surface area contributed by atoms with Crippen LogP contribution in [0.15, 0.2) is 45.5 Å². The Morgan fingerprint density at radius 3 is 2.57 bits per heavy atom. The fourth-order valence-electron chi connectivity index (χ4n) is 2.15. The maximum Gasteiger partial charge on any atom is 0.416 e. The van der Waals surface area contributed by atoms with Crippen LogP contribution in [0.4, 0.5) is 13.2 Å². The first kappa shape index (κ1) is 16.1. The third-order valence-corrected chi connectivity index (χ3v) is 3.51. The molecule has 1 N–H and O–H groups in total. The maximum atomic E-state index is 12.7. The van der Waals surface area contributed by atoms with E-state index in [0.717, 1.165) is 6.07 Å². The van der Waals surface area contributed by atoms with E-state index in [-0.39, 0.29) is 6.04 Å². The van der Waals surface area contributed by atoms with Crippen molar-refractivity contribution in [2.45, 2.75) is 25.6 Å². The molecule has 0 saturated carbocycles. The van der Waals surface area contributed by atoms with E-state index in [1.807, 2.05) is 13.0 Å². The molecule has 1 heterocycles. The van der Waals surface area contributed by atoms with Crippen LogP contribution in [-0.4, -0.2) is 6.54 Å². The summed E-state index contributed by atoms with van der Waals surface area (Å²) >= 11 is 3.23. The Balaban J connectivity index is 2.21. The van der Waals surface area contributed by atoms with E-state index in [1.165, 1.54) is 12.1 Å². The van der Waals surface area contributed by atoms with E-state index in [0.29, 0.717) is 29.0 Å². The first-order chi connectivity index (χ1) is 9.90. The summed E-state index contributed by atoms with van der Waals surface area (Å²) < 4.78 is 44.3. The van der Waals surface area contributed by atoms with E-state index in [2.05, 4.69) is 21.2 Å². The molecule has 0 aliphatic carbocycles. The lowest BCUT2D eigenvalue weighted by atomic mass is 10.0. The predicted molar refractivity (Wildman–Crippen MR) is 78.0 cm³/mol. The number of hydrogen-bond acceptors (Lipinski definition) is 2. The monoisotopic (exact) mass is 361 g/mol. The zero-order valence-electron chi connectivity index (χ0n) is 11.4. The number of hydrogen-bond donors (Lipinski definition) is 1. The van der Waals surface area contributed by atoms with Gasteiger partial charge in [-0.2, -0.15) is 13.2 Å². The van der Waals surface area contributed by atoms with Crippen LogP contribution in [0, 0.1) is 0 Å². The number of furan rings is 1. The number of nitrogens with one attached hydrogen (secondary N) is 1. The minimum absolute atomic E-state index is 0.162. The lowest BCUT2D eigenvalue weighted by Crippen LogP contribution is -2.22. The molecule has 114 valence electrons. The molecular formula is C15H15BrF3NO. The summed E-state index contributed by atoms with van der Waals surface area (Å²) in [6.45, 7) is 2.64. The Morgan fingerprint density at radius 1 is 1.24 bits per heavy atom. The molecule has 0 aliphatic rings. The topological polar surface area (TPSA) is 25.2 Å². The largest absolute Gasteiger partial charge is 0.453 e. The minimum Gasteiger partial charge on any atom is -0.453 e. The molecule has 0 spiro atoms. The van der Waals surface area contributed by atoms with Gasteiger partial charge in [-0.1, -0.05) is 25.1 Å². The summed E-state index contributed by atoms with van der Waals surface area (Å²) in [6, 6.07) is 8.80. The third-order valence-electron chi connectivity index (χ3n) is 3.08. The average molecular weight is 362 g/mol. The summed E-state index contributed by atoms with van der Waals surface area (Å²) in [5.41, 5.74) is -0.0147. The van der Waals surface area contributed by atoms with Crippen molar-refractivity contribution in [3.63, 3.8) is 0 Å². The molecule has 0 radical (unpaired) electrons. The van der Waals surface area contributed by atoms with Gasteiger partial charge in [-0.05, 0) is 52.7 Å². The van der Waals surface area contributed by atoms with Gasteiger partial charge in [-0.15, -0.1) is 0 Å². The van der Waals surface area contributed by atoms with Crippen molar-refractivity contribution in [1.82, 2.24) is 5.32 Å². The van der Waals surface area contributed by atoms with Crippen molar-refractivity contribution >= 4 is 15.9 Å². The zero-order valence-corrected chi connectivity index (χ0v) is 13.0. The van der Waals surface area contributed by atoms with Gasteiger partial charge in [-0.3, -0.25) is 0 Å². The quantitative estimate of drug-likeness (QED) is 0.814. The highest BCUT2D eigenvalue weighted by atomic mass is 79.9. The van der Waals surface area contributed by atoms with Gasteiger partial charge in [0.2, 0.25) is 0 Å². The van der Waals surface area contributed by atoms with E-state index in [9.17, 15) is 13.2 Å². The van der Waals surface area contributed by atoms with Crippen molar-refractivity contribution in [2.24, 2.45) is 0 Å². The van der Waals surface area contributed by atoms with Crippen LogP contribution in [0.3, 0.4) is 0 Å². The molecule has 0 bridgehead atoms. The average Bonchev–Trinajstić information content (AvgIpc) is 2.84. The molecule has 6 heteroatoms. The molecule has 0 aliphatic heterocycles. The summed E-state index contributed by atoms with van der Waals surface area (Å²) in [6.07, 6.45) is -3.89. The first-order valence-electron chi connectivity index (χ1n) is 6.55. The zero-order chi connectivity index (χ0) is 15.5. The molecule has 21 heavy (non-hydrogen) atoms. The van der Waals surface area contributed by atoms with Gasteiger partial charge in [0.25, 0.3) is 0 Å². The van der Waals surface area contributed by atoms with Crippen LogP contribution in [0.1, 0.15) is 29.9 Å². The highest BCUT2D eigenvalue weighted by Gasteiger charge is 2.30. The lowest BCUT2D eigenvalue weighted by Gasteiger charge is -2.16. The number of benzene rings is 1. The predicted octanol–water partition coefficient (Wildman–Crippen LogP) is 4.95. The van der Waals surface area contributed by atoms with Crippen LogP contribution in [-0.2, 0) is 12.6 Å². The van der Waals surface area contributed by atoms with E-state index in [1.54, 1.807) is 12.1 Å². The standard InChI is InChI=1S/C15H15BrF3NO/c1-2-20-12(13-6-7-14(16)21-13)9-10-4-3-5-11(8-10)15(17,18)19/h3-8,12,20H,2,9H2,1H3. The lowest BCUT2D eigenvalue weighted by molar-refractivity contribution is -0.137. The Morgan fingerprint density at radius 2 is 2.00 bits per heavy atom. The first-order valence-corrected chi connectivity index (χ1v) is 7.34. The van der Waals surface area contributed by atoms with E-state index in [4.69, 9.17) is 4.42 Å². The van der Waals surface area contributed by atoms with Crippen molar-refractivity contribution in [2.75, 3.05) is 6.54 Å². The number of halogens is 4. The minimum atomic E-state index is -4.32. The third kappa shape index (κ3) is 4.35. The number of likely N-dealkylation sites (N-methyl/N-ethyl adjacent to an activating group) is 1. The molecule has 0 amide bonds. The van der Waals surface area contributed by atoms with Crippen molar-refractivity contribution in [1.29, 1.82) is 0 Å². The highest BCUT2D eigenvalue weighted by molar-refractivity contribution is 9.10. The number of rotatable bonds is 5. The SMILES string of the molecule is CCNC(Cc1cccc(C(F)(F)F)c1)c1ccc(Br)o1. The van der Waals surface area contributed by atoms with Crippen LogP contribution in [0.5, 0.6) is 0 Å². The van der Waals surface area contributed by atoms with Gasteiger partial charge < -0.3 is 9.73 Å². The smallest absolute Gasteiger partial charge is 0.416 e. The Labute approximate surface area is 129 Å². The van der Waals surface area contributed by atoms with Gasteiger partial charge in [0.1, 0.15) is 5.76 Å². The van der Waals surface area contributed by atoms with Gasteiger partial charge in [-0.25, -0.2) is 0 Å². The molecule has 1 aromatic heterocycles. The number of alkyl halides is 3. The van der Waals surface area contributed by atoms with Crippen LogP contribution in [0.2, 0.25) is 0 Å². The molecule has 2 rings (SSSR count). The fraction of sp³-hybridized carbons (Fsp3) is 0.333. The molecule has 2 aromatic rings. The van der Waals surface area contributed by atoms with Crippen molar-refractivity contribution < 1.29 is 17.6 Å². The van der Waals surface area contributed by atoms with Crippen LogP contribution in [0.25, 0.3) is 0 Å². The van der Waals surface area contributed by atoms with E-state index < -0.39 is 11.7 Å². The molecule has 1 unspecified atom stereocenters. The fourth-order valence-corrected chi connectivity index (χ4v) is 2.46. The van der Waals surface area contributed by atoms with Crippen LogP contribution < -0.4 is 5.32 Å². The normalized spacial score (nSPS) is 13.4. The Bertz CT molecular complexity index is 595. The second kappa shape index (κ2) is 6.66. The molecule has 1 aromatic carbocycles. The molecule has 0 saturated heterocycles. The summed E-state index contributed by atoms with van der Waals surface area (Å²) in [5, 5.41) is 3.22. The second-order valence-corrected chi connectivity index (χ2v) is 5.44. The van der Waals surface area contributed by atoms with Gasteiger partial charge in [0.15, 0.2) is 4.67 Å². The summed E-state index contributed by atoms with van der Waals surface area (Å²) in [7, 11) is 0. The molecule has 1 atom stereocenters. The molecular weight excluding hydrogens is 347 g/mol.